The van der Waals surface area contributed by atoms with Crippen LogP contribution in [0.1, 0.15) is 32.1 Å². The van der Waals surface area contributed by atoms with E-state index in [0.717, 1.165) is 32.4 Å². The van der Waals surface area contributed by atoms with Gasteiger partial charge in [-0.15, -0.1) is 0 Å². The van der Waals surface area contributed by atoms with Gasteiger partial charge in [-0.3, -0.25) is 4.55 Å². The molecule has 1 aromatic carbocycles. The molecule has 0 amide bonds. The Morgan fingerprint density at radius 2 is 1.23 bits per heavy atom. The van der Waals surface area contributed by atoms with Crippen LogP contribution < -0.4 is 0 Å². The van der Waals surface area contributed by atoms with Crippen LogP contribution in [0.5, 0.6) is 0 Å². The average molecular weight is 443 g/mol. The molecule has 1 N–H and O–H groups in total. The van der Waals surface area contributed by atoms with Gasteiger partial charge in [0.2, 0.25) is 0 Å². The Kier molecular flexibility index (Phi) is 22.6. The van der Waals surface area contributed by atoms with Gasteiger partial charge >= 0.3 is 163 Å². The van der Waals surface area contributed by atoms with Crippen molar-refractivity contribution in [2.45, 2.75) is 4.90 Å². The summed E-state index contributed by atoms with van der Waals surface area (Å²) in [7, 11) is -2.35. The van der Waals surface area contributed by atoms with Crippen molar-refractivity contribution in [1.29, 1.82) is 0 Å². The minimum absolute atomic E-state index is 0. The van der Waals surface area contributed by atoms with Gasteiger partial charge in [0.1, 0.15) is 0 Å². The van der Waals surface area contributed by atoms with Gasteiger partial charge in [0, 0.05) is 0 Å². The summed E-state index contributed by atoms with van der Waals surface area (Å²) in [6, 6.07) is 2.90. The molecule has 0 aliphatic heterocycles. The molecule has 0 aliphatic carbocycles. The first-order valence-corrected chi connectivity index (χ1v) is 6.03. The van der Waals surface area contributed by atoms with Crippen LogP contribution in [0.4, 0.5) is 0 Å². The van der Waals surface area contributed by atoms with Crippen LogP contribution in [0.3, 0.4) is 0 Å². The first kappa shape index (κ1) is 32.8. The van der Waals surface area contributed by atoms with E-state index < -0.39 is 27.0 Å². The number of rotatable bonds is 3. The normalized spacial score (nSPS) is 8.86. The maximum atomic E-state index is 11.3. The summed E-state index contributed by atoms with van der Waals surface area (Å²) >= 11 is 0. The Bertz CT molecular complexity index is 594. The molecule has 1 aromatic rings. The van der Waals surface area contributed by atoms with E-state index in [1.165, 1.54) is 0 Å². The molecule has 0 saturated carbocycles. The molecule has 0 bridgehead atoms. The maximum Gasteiger partial charge on any atom is 2.00 e. The second kappa shape index (κ2) is 15.2. The third-order valence-corrected chi connectivity index (χ3v) is 2.88. The number of esters is 2. The summed E-state index contributed by atoms with van der Waals surface area (Å²) in [5.41, 5.74) is -0.374. The van der Waals surface area contributed by atoms with Crippen molar-refractivity contribution in [1.82, 2.24) is 0 Å². The average Bonchev–Trinajstić information content (AvgIpc) is 2.35. The molecule has 0 heterocycles. The second-order valence-electron chi connectivity index (χ2n) is 3.20. The molecule has 0 atom stereocenters. The van der Waals surface area contributed by atoms with Crippen LogP contribution in [-0.2, 0) is 19.6 Å². The molecule has 0 unspecified atom stereocenters. The molecule has 12 heteroatoms. The van der Waals surface area contributed by atoms with E-state index in [1.54, 1.807) is 0 Å². The predicted octanol–water partition coefficient (Wildman–Crippen LogP) is -0.117. The topological polar surface area (TPSA) is 107 Å². The third-order valence-electron chi connectivity index (χ3n) is 2.05. The summed E-state index contributed by atoms with van der Waals surface area (Å²) in [4.78, 5) is 22.0. The van der Waals surface area contributed by atoms with E-state index in [9.17, 15) is 18.0 Å². The quantitative estimate of drug-likeness (QED) is 0.395. The van der Waals surface area contributed by atoms with Gasteiger partial charge < -0.3 is 20.9 Å². The fourth-order valence-corrected chi connectivity index (χ4v) is 1.77. The third kappa shape index (κ3) is 10.3. The summed E-state index contributed by atoms with van der Waals surface area (Å²) in [5, 5.41) is 0. The first-order valence-electron chi connectivity index (χ1n) is 4.59. The molecule has 114 valence electrons. The van der Waals surface area contributed by atoms with Gasteiger partial charge in [0.05, 0.1) is 30.2 Å². The van der Waals surface area contributed by atoms with Gasteiger partial charge in [-0.2, -0.15) is 8.42 Å². The summed E-state index contributed by atoms with van der Waals surface area (Å²) < 4.78 is 39.7. The number of carbonyl (C=O) groups excluding carboxylic acids is 2. The van der Waals surface area contributed by atoms with Crippen molar-refractivity contribution < 1.29 is 43.4 Å². The molecule has 0 aromatic heterocycles. The molecule has 22 heavy (non-hydrogen) atoms. The molecule has 0 fully saturated rings. The predicted molar refractivity (Wildman–Crippen MR) is 90.8 cm³/mol. The second-order valence-corrected chi connectivity index (χ2v) is 4.63. The summed E-state index contributed by atoms with van der Waals surface area (Å²) in [6.07, 6.45) is 0. The molecule has 7 nitrogen and oxygen atoms in total. The van der Waals surface area contributed by atoms with Crippen molar-refractivity contribution in [3.63, 3.8) is 0 Å². The van der Waals surface area contributed by atoms with E-state index in [2.05, 4.69) is 9.47 Å². The number of methoxy groups -OCH3 is 2. The van der Waals surface area contributed by atoms with E-state index >= 15 is 0 Å². The van der Waals surface area contributed by atoms with E-state index in [0.29, 0.717) is 0 Å². The molecule has 0 saturated heterocycles. The van der Waals surface area contributed by atoms with Crippen LogP contribution in [0.25, 0.3) is 0 Å². The van der Waals surface area contributed by atoms with Crippen molar-refractivity contribution in [3.05, 3.63) is 29.3 Å². The summed E-state index contributed by atoms with van der Waals surface area (Å²) in [6.45, 7) is 0. The number of hydrogen-bond donors (Lipinski definition) is 1. The van der Waals surface area contributed by atoms with Crippen LogP contribution in [0, 0.1) is 0 Å². The molecule has 0 spiro atoms. The number of hydrogen-bond acceptors (Lipinski definition) is 6. The fraction of sp³-hybridized carbons (Fsp3) is 0.200. The fourth-order valence-electron chi connectivity index (χ4n) is 1.22. The van der Waals surface area contributed by atoms with Gasteiger partial charge in [-0.05, 0) is 18.2 Å². The smallest absolute Gasteiger partial charge is 1.00 e. The largest absolute Gasteiger partial charge is 2.00 e. The molecule has 0 aliphatic rings. The molecular weight excluding hydrogens is 424 g/mol. The zero-order valence-corrected chi connectivity index (χ0v) is 22.0. The Morgan fingerprint density at radius 3 is 1.45 bits per heavy atom. The van der Waals surface area contributed by atoms with Gasteiger partial charge in [-0.25, -0.2) is 9.59 Å². The Labute approximate surface area is 259 Å². The van der Waals surface area contributed by atoms with Crippen LogP contribution in [0.15, 0.2) is 23.1 Å². The van der Waals surface area contributed by atoms with Crippen molar-refractivity contribution in [3.8, 4) is 0 Å². The standard InChI is InChI=1S/C10H10O7S.4Ca.8H/c1-16-9(11)6-3-7(10(12)17-2)5-8(4-6)18(13,14)15;;;;;;;;;;;;/h3-5H,1-2H3,(H,13,14,15);;;;;;;;;;;;/q;4*+2;8*-1. The van der Waals surface area contributed by atoms with Crippen LogP contribution in [0.2, 0.25) is 0 Å². The van der Waals surface area contributed by atoms with Crippen LogP contribution in [-0.4, -0.2) is 190 Å². The number of ether oxygens (including phenoxy) is 2. The number of benzene rings is 1. The van der Waals surface area contributed by atoms with Crippen LogP contribution >= 0.6 is 0 Å². The minimum Gasteiger partial charge on any atom is -1.00 e. The van der Waals surface area contributed by atoms with E-state index in [1.807, 2.05) is 0 Å². The Balaban J connectivity index is -0.0000000270. The van der Waals surface area contributed by atoms with Gasteiger partial charge in [-0.1, -0.05) is 0 Å². The first-order chi connectivity index (χ1) is 8.29. The van der Waals surface area contributed by atoms with Crippen molar-refractivity contribution in [2.75, 3.05) is 14.2 Å². The monoisotopic (exact) mass is 442 g/mol. The molecule has 0 radical (unpaired) electrons. The van der Waals surface area contributed by atoms with Gasteiger partial charge in [0.25, 0.3) is 10.1 Å². The maximum absolute atomic E-state index is 11.3. The molecule has 1 rings (SSSR count). The zero-order valence-electron chi connectivity index (χ0n) is 20.4. The van der Waals surface area contributed by atoms with Crippen molar-refractivity contribution in [2.24, 2.45) is 0 Å². The number of carbonyl (C=O) groups is 2. The molecular formula is C10H18Ca4O7S. The minimum atomic E-state index is -4.55. The SMILES string of the molecule is COC(=O)c1cc(C(=O)OC)cc(S(=O)(=O)O)c1.[Ca+2].[Ca+2].[Ca+2].[Ca+2].[H-].[H-].[H-].[H-].[H-].[H-].[H-].[H-]. The van der Waals surface area contributed by atoms with Crippen molar-refractivity contribution >= 4 is 173 Å². The van der Waals surface area contributed by atoms with E-state index in [4.69, 9.17) is 4.55 Å². The Hall–Kier alpha value is 3.11. The zero-order chi connectivity index (χ0) is 13.9. The van der Waals surface area contributed by atoms with E-state index in [-0.39, 0.29) is 173 Å². The summed E-state index contributed by atoms with van der Waals surface area (Å²) in [5.74, 6) is -1.68. The Morgan fingerprint density at radius 1 is 0.909 bits per heavy atom. The van der Waals surface area contributed by atoms with Gasteiger partial charge in [0.15, 0.2) is 0 Å².